The molecule has 1 fully saturated rings. The summed E-state index contributed by atoms with van der Waals surface area (Å²) in [7, 11) is 1.30. The number of aromatic amines is 1. The first-order chi connectivity index (χ1) is 55.3. The molecule has 1 aliphatic heterocycles. The van der Waals surface area contributed by atoms with Gasteiger partial charge in [-0.2, -0.15) is 0 Å². The number of nitrogens with one attached hydrogen (secondary N) is 16. The Morgan fingerprint density at radius 3 is 1.75 bits per heavy atom. The largest absolute Gasteiger partial charge is 0.480 e. The lowest BCUT2D eigenvalue weighted by Crippen LogP contribution is -2.61. The molecule has 1 saturated heterocycles. The molecule has 1 aromatic carbocycles. The highest BCUT2D eigenvalue weighted by Gasteiger charge is 2.39. The molecule has 1 aromatic heterocycles. The summed E-state index contributed by atoms with van der Waals surface area (Å²) in [5.41, 5.74) is 21.4. The first-order valence-corrected chi connectivity index (χ1v) is 39.4. The third-order valence-corrected chi connectivity index (χ3v) is 18.8. The number of nitrogens with two attached hydrogens (primary N) is 4. The van der Waals surface area contributed by atoms with Crippen LogP contribution in [0.2, 0.25) is 0 Å². The van der Waals surface area contributed by atoms with E-state index in [1.165, 1.54) is 38.3 Å². The van der Waals surface area contributed by atoms with Crippen LogP contribution in [-0.4, -0.2) is 282 Å². The SMILES string of the molecule is CCCC[C@H](NC(=O)CN(CCC)C(=O)CNC(=O)CNC(=O)[C@H](Cc1c[nH]cn1)NC(=O)CNC(=O)[C@H](CC(C)C)N(C)C(=O)CNC(=O)[C@@H]1CCCN1C(=O)CNC(=O)[C@H](CCC(N)=O)NC(=O)CNC(=O)[C@H](CCCNC(=N)N)NC(=O)CNC(=O)[C@@H](N)CCCCN)C(=O)NC(C)(C)C(=O)N[C@@H](Cc1ccc(Br)cc1)C(=O)O. The zero-order valence-corrected chi connectivity index (χ0v) is 68.8. The van der Waals surface area contributed by atoms with Crippen LogP contribution in [-0.2, 0) is 99.1 Å². The number of benzene rings is 1. The number of carboxylic acid groups (broad SMARTS) is 1. The van der Waals surface area contributed by atoms with Gasteiger partial charge in [-0.25, -0.2) is 9.78 Å². The van der Waals surface area contributed by atoms with E-state index in [1.807, 2.05) is 6.92 Å². The molecule has 0 bridgehead atoms. The Hall–Kier alpha value is -11.4. The van der Waals surface area contributed by atoms with Crippen molar-refractivity contribution >= 4 is 128 Å². The Morgan fingerprint density at radius 2 is 1.18 bits per heavy atom. The van der Waals surface area contributed by atoms with Crippen molar-refractivity contribution in [2.75, 3.05) is 85.6 Å². The average Bonchev–Trinajstić information content (AvgIpc) is 1.69. The van der Waals surface area contributed by atoms with E-state index < -0.39 is 219 Å². The second-order valence-corrected chi connectivity index (χ2v) is 29.8. The fraction of sp³-hybridized carbons (Fsp3) is 0.616. The maximum absolute atomic E-state index is 13.9. The summed E-state index contributed by atoms with van der Waals surface area (Å²) in [5.74, 6) is -15.5. The fourth-order valence-corrected chi connectivity index (χ4v) is 12.0. The quantitative estimate of drug-likeness (QED) is 0.0166. The van der Waals surface area contributed by atoms with Crippen molar-refractivity contribution in [3.63, 3.8) is 0 Å². The maximum Gasteiger partial charge on any atom is 0.326 e. The third kappa shape index (κ3) is 38.3. The van der Waals surface area contributed by atoms with Crippen molar-refractivity contribution in [3.05, 3.63) is 52.5 Å². The predicted molar refractivity (Wildman–Crippen MR) is 426 cm³/mol. The lowest BCUT2D eigenvalue weighted by atomic mass is 10.00. The number of H-pyrrole nitrogens is 1. The van der Waals surface area contributed by atoms with Crippen LogP contribution in [0, 0.1) is 11.3 Å². The molecule has 0 saturated carbocycles. The van der Waals surface area contributed by atoms with Crippen LogP contribution in [0.4, 0.5) is 0 Å². The van der Waals surface area contributed by atoms with Crippen LogP contribution in [0.1, 0.15) is 143 Å². The number of amides is 17. The minimum atomic E-state index is -1.65. The van der Waals surface area contributed by atoms with Gasteiger partial charge < -0.3 is 122 Å². The molecule has 44 heteroatoms. The number of aliphatic carboxylic acids is 1. The van der Waals surface area contributed by atoms with E-state index in [0.717, 1.165) is 14.3 Å². The number of imidazole rings is 1. The number of primary amides is 1. The van der Waals surface area contributed by atoms with Gasteiger partial charge in [0.2, 0.25) is 100 Å². The second kappa shape index (κ2) is 52.2. The number of unbranched alkanes of at least 4 members (excludes halogenated alkanes) is 2. The van der Waals surface area contributed by atoms with Crippen LogP contribution in [0.15, 0.2) is 41.3 Å². The van der Waals surface area contributed by atoms with Crippen LogP contribution in [0.25, 0.3) is 0 Å². The molecule has 8 atom stereocenters. The standard InChI is InChI=1S/C73H117BrN24O19/c1-8-10-16-48(67(112)95-73(5,6)71(117)94-51(70(115)116)30-43-19-21-44(74)22-20-43)92-59(104)40-97(27-9-2)61(106)38-82-55(100)33-84-66(111)50(31-45-32-80-41-89-45)93-58(103)36-86-69(114)53(29-42(3)4)96(7)60(105)37-88-68(113)52-18-14-28-98(52)62(107)39-87-65(110)49(23-24-54(77)99)91-57(102)35-85-64(109)47(17-13-26-81-72(78)79)90-56(101)34-83-63(108)46(76)15-11-12-25-75/h19-22,32,41-42,46-53H,8-18,23-31,33-40,75-76H2,1-7H3,(H2,77,99)(H,80,89)(H,82,100)(H,83,108)(H,84,111)(H,85,109)(H,86,114)(H,87,110)(H,88,113)(H,90,101)(H,91,102)(H,92,104)(H,93,103)(H,94,117)(H,95,112)(H,115,116)(H4,78,79,81)/t46-,47-,48-,49-,50-,51-,52-,53-/m0/s1. The highest BCUT2D eigenvalue weighted by atomic mass is 79.9. The Balaban J connectivity index is 1.57. The molecule has 2 aromatic rings. The number of carbonyl (C=O) groups is 18. The summed E-state index contributed by atoms with van der Waals surface area (Å²) >= 11 is 3.33. The van der Waals surface area contributed by atoms with Gasteiger partial charge in [0.05, 0.1) is 70.4 Å². The minimum absolute atomic E-state index is 0.0299. The zero-order valence-electron chi connectivity index (χ0n) is 67.2. The highest BCUT2D eigenvalue weighted by Crippen LogP contribution is 2.19. The molecule has 0 aliphatic carbocycles. The first-order valence-electron chi connectivity index (χ1n) is 38.6. The topological polar surface area (TPSA) is 662 Å². The molecular formula is C73H117BrN24O19. The van der Waals surface area contributed by atoms with E-state index in [4.69, 9.17) is 28.3 Å². The van der Waals surface area contributed by atoms with Crippen LogP contribution in [0.5, 0.6) is 0 Å². The number of aromatic nitrogens is 2. The van der Waals surface area contributed by atoms with Crippen molar-refractivity contribution in [1.82, 2.24) is 99.1 Å². The van der Waals surface area contributed by atoms with Gasteiger partial charge in [-0.05, 0) is 108 Å². The van der Waals surface area contributed by atoms with E-state index in [-0.39, 0.29) is 82.9 Å². The minimum Gasteiger partial charge on any atom is -0.480 e. The summed E-state index contributed by atoms with van der Waals surface area (Å²) in [6, 6.07) is -3.09. The lowest BCUT2D eigenvalue weighted by molar-refractivity contribution is -0.143. The van der Waals surface area contributed by atoms with E-state index >= 15 is 0 Å². The van der Waals surface area contributed by atoms with Crippen molar-refractivity contribution < 1.29 is 91.4 Å². The average molecular weight is 1710 g/mol. The third-order valence-electron chi connectivity index (χ3n) is 18.2. The summed E-state index contributed by atoms with van der Waals surface area (Å²) in [6.45, 7) is 5.25. The van der Waals surface area contributed by atoms with Gasteiger partial charge in [0, 0.05) is 56.6 Å². The van der Waals surface area contributed by atoms with Gasteiger partial charge in [-0.1, -0.05) is 75.0 Å². The van der Waals surface area contributed by atoms with E-state index in [0.29, 0.717) is 62.7 Å². The van der Waals surface area contributed by atoms with Gasteiger partial charge >= 0.3 is 5.97 Å². The van der Waals surface area contributed by atoms with Crippen LogP contribution >= 0.6 is 15.9 Å². The van der Waals surface area contributed by atoms with Gasteiger partial charge in [0.25, 0.3) is 0 Å². The van der Waals surface area contributed by atoms with Crippen molar-refractivity contribution in [1.29, 1.82) is 5.41 Å². The lowest BCUT2D eigenvalue weighted by Gasteiger charge is -2.30. The number of halogens is 1. The zero-order chi connectivity index (χ0) is 87.5. The highest BCUT2D eigenvalue weighted by molar-refractivity contribution is 9.10. The first kappa shape index (κ1) is 99.8. The number of nitrogens with zero attached hydrogens (tertiary/aromatic N) is 4. The molecule has 0 spiro atoms. The maximum atomic E-state index is 13.9. The van der Waals surface area contributed by atoms with E-state index in [9.17, 15) is 91.4 Å². The Labute approximate surface area is 686 Å². The molecule has 1 aliphatic rings. The number of carbonyl (C=O) groups excluding carboxylic acids is 17. The smallest absolute Gasteiger partial charge is 0.326 e. The molecule has 3 rings (SSSR count). The van der Waals surface area contributed by atoms with Crippen molar-refractivity contribution in [3.8, 4) is 0 Å². The van der Waals surface area contributed by atoms with E-state index in [1.54, 1.807) is 45.0 Å². The fourth-order valence-electron chi connectivity index (χ4n) is 11.8. The molecule has 25 N–H and O–H groups in total. The number of likely N-dealkylation sites (tertiary alicyclic amines) is 1. The Bertz CT molecular complexity index is 3740. The van der Waals surface area contributed by atoms with Crippen LogP contribution in [0.3, 0.4) is 0 Å². The number of hydrogen-bond donors (Lipinski definition) is 21. The van der Waals surface area contributed by atoms with Gasteiger partial charge in [0.1, 0.15) is 47.8 Å². The van der Waals surface area contributed by atoms with Crippen molar-refractivity contribution in [2.45, 2.75) is 198 Å². The van der Waals surface area contributed by atoms with E-state index in [2.05, 4.69) is 100 Å². The summed E-state index contributed by atoms with van der Waals surface area (Å²) in [4.78, 5) is 249. The molecular weight excluding hydrogens is 1600 g/mol. The second-order valence-electron chi connectivity index (χ2n) is 28.9. The summed E-state index contributed by atoms with van der Waals surface area (Å²) in [5, 5.41) is 51.8. The number of guanidine groups is 1. The summed E-state index contributed by atoms with van der Waals surface area (Å²) < 4.78 is 0.772. The van der Waals surface area contributed by atoms with Crippen molar-refractivity contribution in [2.24, 2.45) is 28.9 Å². The Morgan fingerprint density at radius 1 is 0.624 bits per heavy atom. The molecule has 117 heavy (non-hydrogen) atoms. The normalized spacial score (nSPS) is 14.1. The molecule has 0 unspecified atom stereocenters. The van der Waals surface area contributed by atoms with Crippen LogP contribution < -0.4 is 97.4 Å². The van der Waals surface area contributed by atoms with Gasteiger partial charge in [-0.15, -0.1) is 0 Å². The molecule has 650 valence electrons. The number of hydrogen-bond acceptors (Lipinski definition) is 22. The molecule has 43 nitrogen and oxygen atoms in total. The monoisotopic (exact) mass is 1710 g/mol. The van der Waals surface area contributed by atoms with Gasteiger partial charge in [0.15, 0.2) is 5.96 Å². The Kier molecular flexibility index (Phi) is 44.5. The predicted octanol–water partition coefficient (Wildman–Crippen LogP) is -6.55. The molecule has 17 amide bonds. The molecule has 2 heterocycles. The number of likely N-dealkylation sites (N-methyl/N-ethyl adjacent to an activating group) is 1. The van der Waals surface area contributed by atoms with Gasteiger partial charge in [-0.3, -0.25) is 86.9 Å². The molecule has 0 radical (unpaired) electrons. The number of rotatable bonds is 54. The number of carboxylic acids is 1. The summed E-state index contributed by atoms with van der Waals surface area (Å²) in [6.07, 6.45) is 5.59.